The topological polar surface area (TPSA) is 103 Å². The Morgan fingerprint density at radius 2 is 1.75 bits per heavy atom. The molecule has 7 nitrogen and oxygen atoms in total. The highest BCUT2D eigenvalue weighted by molar-refractivity contribution is 7.87. The minimum atomic E-state index is -4.10. The highest BCUT2D eigenvalue weighted by Crippen LogP contribution is 2.32. The lowest BCUT2D eigenvalue weighted by Crippen LogP contribution is -2.10. The zero-order valence-corrected chi connectivity index (χ0v) is 16.4. The van der Waals surface area contributed by atoms with Crippen molar-refractivity contribution in [2.75, 3.05) is 6.61 Å². The predicted molar refractivity (Wildman–Crippen MR) is 103 cm³/mol. The van der Waals surface area contributed by atoms with E-state index in [0.717, 1.165) is 5.56 Å². The van der Waals surface area contributed by atoms with Crippen molar-refractivity contribution in [3.63, 3.8) is 0 Å². The summed E-state index contributed by atoms with van der Waals surface area (Å²) >= 11 is 0. The number of hydrogen-bond donors (Lipinski definition) is 1. The second kappa shape index (κ2) is 7.47. The zero-order chi connectivity index (χ0) is 20.5. The number of para-hydroxylation sites is 1. The van der Waals surface area contributed by atoms with Gasteiger partial charge in [-0.15, -0.1) is 0 Å². The fourth-order valence-corrected chi connectivity index (χ4v) is 3.79. The fourth-order valence-electron chi connectivity index (χ4n) is 2.85. The molecule has 0 spiro atoms. The van der Waals surface area contributed by atoms with Crippen LogP contribution in [0, 0.1) is 6.92 Å². The molecule has 0 aliphatic rings. The van der Waals surface area contributed by atoms with Gasteiger partial charge in [-0.3, -0.25) is 4.79 Å². The SMILES string of the molecule is CCOC(=O)c1[nH]c2c(OS(=O)(=O)c3ccc(C)cc3)cccc2c1C(C)=O. The number of aryl methyl sites for hydroxylation is 1. The smallest absolute Gasteiger partial charge is 0.355 e. The van der Waals surface area contributed by atoms with Crippen molar-refractivity contribution < 1.29 is 26.9 Å². The van der Waals surface area contributed by atoms with Gasteiger partial charge < -0.3 is 13.9 Å². The maximum Gasteiger partial charge on any atom is 0.355 e. The molecule has 1 N–H and O–H groups in total. The molecule has 0 fully saturated rings. The molecule has 0 bridgehead atoms. The molecule has 0 aliphatic heterocycles. The van der Waals surface area contributed by atoms with Crippen molar-refractivity contribution in [1.82, 2.24) is 4.98 Å². The third kappa shape index (κ3) is 3.63. The van der Waals surface area contributed by atoms with E-state index in [9.17, 15) is 18.0 Å². The first kappa shape index (κ1) is 19.6. The second-order valence-corrected chi connectivity index (χ2v) is 7.73. The van der Waals surface area contributed by atoms with Gasteiger partial charge in [0.05, 0.1) is 17.7 Å². The number of carbonyl (C=O) groups is 2. The maximum atomic E-state index is 12.6. The summed E-state index contributed by atoms with van der Waals surface area (Å²) < 4.78 is 35.5. The number of fused-ring (bicyclic) bond motifs is 1. The number of ketones is 1. The van der Waals surface area contributed by atoms with Crippen LogP contribution >= 0.6 is 0 Å². The van der Waals surface area contributed by atoms with E-state index in [1.807, 2.05) is 6.92 Å². The summed E-state index contributed by atoms with van der Waals surface area (Å²) in [6, 6.07) is 10.8. The number of aromatic nitrogens is 1. The predicted octanol–water partition coefficient (Wildman–Crippen LogP) is 3.62. The number of ether oxygens (including phenoxy) is 1. The molecule has 1 heterocycles. The zero-order valence-electron chi connectivity index (χ0n) is 15.6. The van der Waals surface area contributed by atoms with Gasteiger partial charge in [0, 0.05) is 5.39 Å². The van der Waals surface area contributed by atoms with E-state index in [-0.39, 0.29) is 39.8 Å². The molecule has 146 valence electrons. The summed E-state index contributed by atoms with van der Waals surface area (Å²) in [5.74, 6) is -1.07. The molecule has 8 heteroatoms. The lowest BCUT2D eigenvalue weighted by atomic mass is 10.1. The summed E-state index contributed by atoms with van der Waals surface area (Å²) in [6.07, 6.45) is 0. The van der Waals surface area contributed by atoms with Gasteiger partial charge in [-0.25, -0.2) is 4.79 Å². The Bertz CT molecular complexity index is 1160. The largest absolute Gasteiger partial charge is 0.461 e. The minimum absolute atomic E-state index is 0.000864. The van der Waals surface area contributed by atoms with Gasteiger partial charge in [-0.2, -0.15) is 8.42 Å². The van der Waals surface area contributed by atoms with Gasteiger partial charge in [-0.1, -0.05) is 29.8 Å². The highest BCUT2D eigenvalue weighted by atomic mass is 32.2. The van der Waals surface area contributed by atoms with Crippen LogP contribution in [0.5, 0.6) is 5.75 Å². The first-order valence-corrected chi connectivity index (χ1v) is 9.99. The fraction of sp³-hybridized carbons (Fsp3) is 0.200. The molecule has 0 atom stereocenters. The van der Waals surface area contributed by atoms with Crippen molar-refractivity contribution >= 4 is 32.8 Å². The normalized spacial score (nSPS) is 11.4. The van der Waals surface area contributed by atoms with Crippen LogP contribution in [0.1, 0.15) is 40.3 Å². The van der Waals surface area contributed by atoms with Crippen molar-refractivity contribution in [3.05, 3.63) is 59.3 Å². The number of esters is 1. The number of hydrogen-bond acceptors (Lipinski definition) is 6. The van der Waals surface area contributed by atoms with E-state index in [2.05, 4.69) is 4.98 Å². The number of nitrogens with one attached hydrogen (secondary N) is 1. The Balaban J connectivity index is 2.12. The van der Waals surface area contributed by atoms with Gasteiger partial charge in [0.1, 0.15) is 10.6 Å². The summed E-state index contributed by atoms with van der Waals surface area (Å²) in [5.41, 5.74) is 1.24. The molecule has 0 amide bonds. The molecule has 3 aromatic rings. The molecule has 28 heavy (non-hydrogen) atoms. The summed E-state index contributed by atoms with van der Waals surface area (Å²) in [7, 11) is -4.10. The van der Waals surface area contributed by atoms with Gasteiger partial charge >= 0.3 is 16.1 Å². The van der Waals surface area contributed by atoms with Crippen LogP contribution in [0.2, 0.25) is 0 Å². The molecule has 3 rings (SSSR count). The standard InChI is InChI=1S/C20H19NO6S/c1-4-26-20(23)19-17(13(3)22)15-6-5-7-16(18(15)21-19)27-28(24,25)14-10-8-12(2)9-11-14/h5-11,21H,4H2,1-3H3. The number of H-pyrrole nitrogens is 1. The highest BCUT2D eigenvalue weighted by Gasteiger charge is 2.25. The minimum Gasteiger partial charge on any atom is -0.461 e. The monoisotopic (exact) mass is 401 g/mol. The maximum absolute atomic E-state index is 12.6. The number of rotatable bonds is 6. The first-order valence-electron chi connectivity index (χ1n) is 8.58. The second-order valence-electron chi connectivity index (χ2n) is 6.18. The van der Waals surface area contributed by atoms with E-state index in [1.165, 1.54) is 25.1 Å². The van der Waals surface area contributed by atoms with Crippen LogP contribution in [-0.2, 0) is 14.9 Å². The van der Waals surface area contributed by atoms with E-state index in [0.29, 0.717) is 5.39 Å². The Labute approximate surface area is 162 Å². The molecule has 0 unspecified atom stereocenters. The summed E-state index contributed by atoms with van der Waals surface area (Å²) in [4.78, 5) is 27.1. The number of carbonyl (C=O) groups excluding carboxylic acids is 2. The molecular formula is C20H19NO6S. The van der Waals surface area contributed by atoms with Gasteiger partial charge in [0.15, 0.2) is 11.5 Å². The Kier molecular flexibility index (Phi) is 5.24. The number of aromatic amines is 1. The molecule has 2 aromatic carbocycles. The number of benzene rings is 2. The first-order chi connectivity index (χ1) is 13.2. The van der Waals surface area contributed by atoms with Gasteiger partial charge in [0.2, 0.25) is 0 Å². The molecular weight excluding hydrogens is 382 g/mol. The van der Waals surface area contributed by atoms with E-state index in [1.54, 1.807) is 31.2 Å². The van der Waals surface area contributed by atoms with Crippen LogP contribution < -0.4 is 4.18 Å². The van der Waals surface area contributed by atoms with Gasteiger partial charge in [0.25, 0.3) is 0 Å². The van der Waals surface area contributed by atoms with Crippen LogP contribution in [-0.4, -0.2) is 31.8 Å². The Morgan fingerprint density at radius 1 is 1.07 bits per heavy atom. The van der Waals surface area contributed by atoms with Crippen molar-refractivity contribution in [2.45, 2.75) is 25.7 Å². The molecule has 0 saturated heterocycles. The average Bonchev–Trinajstić information content (AvgIpc) is 3.03. The molecule has 0 aliphatic carbocycles. The Morgan fingerprint density at radius 3 is 2.36 bits per heavy atom. The Hall–Kier alpha value is -3.13. The molecule has 0 saturated carbocycles. The quantitative estimate of drug-likeness (QED) is 0.384. The van der Waals surface area contributed by atoms with Crippen LogP contribution in [0.25, 0.3) is 10.9 Å². The van der Waals surface area contributed by atoms with Crippen molar-refractivity contribution in [3.8, 4) is 5.75 Å². The van der Waals surface area contributed by atoms with Gasteiger partial charge in [-0.05, 0) is 39.0 Å². The summed E-state index contributed by atoms with van der Waals surface area (Å²) in [5, 5.41) is 0.382. The van der Waals surface area contributed by atoms with Crippen LogP contribution in [0.3, 0.4) is 0 Å². The third-order valence-corrected chi connectivity index (χ3v) is 5.38. The van der Waals surface area contributed by atoms with Crippen molar-refractivity contribution in [1.29, 1.82) is 0 Å². The van der Waals surface area contributed by atoms with E-state index >= 15 is 0 Å². The lowest BCUT2D eigenvalue weighted by molar-refractivity contribution is 0.0517. The average molecular weight is 401 g/mol. The third-order valence-electron chi connectivity index (χ3n) is 4.14. The molecule has 1 aromatic heterocycles. The summed E-state index contributed by atoms with van der Waals surface area (Å²) in [6.45, 7) is 4.95. The van der Waals surface area contributed by atoms with E-state index in [4.69, 9.17) is 8.92 Å². The van der Waals surface area contributed by atoms with Crippen LogP contribution in [0.4, 0.5) is 0 Å². The van der Waals surface area contributed by atoms with Crippen molar-refractivity contribution in [2.24, 2.45) is 0 Å². The van der Waals surface area contributed by atoms with E-state index < -0.39 is 16.1 Å². The van der Waals surface area contributed by atoms with Crippen LogP contribution in [0.15, 0.2) is 47.4 Å². The molecule has 0 radical (unpaired) electrons. The number of Topliss-reactive ketones (excluding diaryl/α,β-unsaturated/α-hetero) is 1. The lowest BCUT2D eigenvalue weighted by Gasteiger charge is -2.08.